The molecule has 0 aliphatic carbocycles. The molecular weight excluding hydrogens is 592 g/mol. The lowest BCUT2D eigenvalue weighted by Crippen LogP contribution is -2.36. The van der Waals surface area contributed by atoms with E-state index < -0.39 is 17.8 Å². The average molecular weight is 618 g/mol. The van der Waals surface area contributed by atoms with Gasteiger partial charge in [-0.2, -0.15) is 0 Å². The van der Waals surface area contributed by atoms with Gasteiger partial charge in [-0.15, -0.1) is 0 Å². The van der Waals surface area contributed by atoms with Crippen LogP contribution in [0.5, 0.6) is 11.5 Å². The van der Waals surface area contributed by atoms with Crippen molar-refractivity contribution in [2.45, 2.75) is 6.10 Å². The van der Waals surface area contributed by atoms with Gasteiger partial charge >= 0.3 is 0 Å². The Hall–Kier alpha value is -4.10. The zero-order valence-electron chi connectivity index (χ0n) is 22.5. The van der Waals surface area contributed by atoms with Crippen LogP contribution in [-0.2, 0) is 9.53 Å². The highest BCUT2D eigenvalue weighted by atomic mass is 35.5. The lowest BCUT2D eigenvalue weighted by molar-refractivity contribution is -0.111. The summed E-state index contributed by atoms with van der Waals surface area (Å²) in [5.74, 6) is -1.19. The minimum absolute atomic E-state index is 0.109. The smallest absolute Gasteiger partial charge is 0.249 e. The first-order chi connectivity index (χ1) is 20.3. The molecule has 42 heavy (non-hydrogen) atoms. The van der Waals surface area contributed by atoms with Gasteiger partial charge in [-0.3, -0.25) is 4.79 Å². The van der Waals surface area contributed by atoms with E-state index in [-0.39, 0.29) is 33.6 Å². The first kappa shape index (κ1) is 29.4. The fraction of sp³-hybridized carbons (Fsp3) is 0.250. The molecule has 2 aromatic heterocycles. The lowest BCUT2D eigenvalue weighted by atomic mass is 10.1. The standard InChI is InChI=1S/C28H26Cl2FN5O6/c1-39-19-13-20(40-2)26(31)24(25(19)30)27(38)28-35-18-12-22(32-14-21(18)42-28)33-16-4-3-15(36-7-9-41-10-8-36)11-17(16)34-23(37)5-6-29/h3-6,11-14,27,38H,7-10H2,1-2H3,(H,32,33)(H,34,37)/b6-5-. The molecule has 1 aliphatic rings. The molecule has 1 amide bonds. The topological polar surface area (TPSA) is 131 Å². The largest absolute Gasteiger partial charge is 0.495 e. The number of amides is 1. The number of aromatic nitrogens is 2. The number of methoxy groups -OCH3 is 2. The summed E-state index contributed by atoms with van der Waals surface area (Å²) in [4.78, 5) is 23.2. The summed E-state index contributed by atoms with van der Waals surface area (Å²) in [6.07, 6.45) is 0.934. The number of ether oxygens (including phenoxy) is 3. The van der Waals surface area contributed by atoms with Gasteiger partial charge in [0.2, 0.25) is 11.8 Å². The van der Waals surface area contributed by atoms with Gasteiger partial charge in [0.05, 0.1) is 55.6 Å². The van der Waals surface area contributed by atoms with Crippen LogP contribution in [0.2, 0.25) is 5.02 Å². The van der Waals surface area contributed by atoms with Crippen LogP contribution in [0.4, 0.5) is 27.3 Å². The highest BCUT2D eigenvalue weighted by molar-refractivity contribution is 6.33. The van der Waals surface area contributed by atoms with Crippen molar-refractivity contribution < 1.29 is 32.9 Å². The van der Waals surface area contributed by atoms with Crippen LogP contribution in [0, 0.1) is 5.82 Å². The molecule has 5 rings (SSSR count). The summed E-state index contributed by atoms with van der Waals surface area (Å²) in [6.45, 7) is 2.66. The second kappa shape index (κ2) is 12.8. The zero-order valence-corrected chi connectivity index (χ0v) is 24.0. The Morgan fingerprint density at radius 2 is 1.93 bits per heavy atom. The first-order valence-electron chi connectivity index (χ1n) is 12.7. The minimum Gasteiger partial charge on any atom is -0.495 e. The molecule has 1 aliphatic heterocycles. The number of carbonyl (C=O) groups is 1. The third-order valence-corrected chi connectivity index (χ3v) is 7.04. The molecule has 1 fully saturated rings. The van der Waals surface area contributed by atoms with Crippen molar-refractivity contribution in [3.05, 3.63) is 70.4 Å². The number of hydrogen-bond acceptors (Lipinski definition) is 10. The van der Waals surface area contributed by atoms with E-state index in [2.05, 4.69) is 25.5 Å². The van der Waals surface area contributed by atoms with E-state index >= 15 is 4.39 Å². The molecule has 220 valence electrons. The number of hydrogen-bond donors (Lipinski definition) is 3. The number of benzene rings is 2. The third kappa shape index (κ3) is 6.07. The van der Waals surface area contributed by atoms with Gasteiger partial charge in [0.25, 0.3) is 0 Å². The normalized spacial score (nSPS) is 14.3. The van der Waals surface area contributed by atoms with E-state index in [0.717, 1.165) is 24.3 Å². The van der Waals surface area contributed by atoms with Crippen molar-refractivity contribution in [2.24, 2.45) is 0 Å². The maximum atomic E-state index is 15.1. The molecule has 3 N–H and O–H groups in total. The number of halogens is 3. The molecule has 0 radical (unpaired) electrons. The number of nitrogens with one attached hydrogen (secondary N) is 2. The van der Waals surface area contributed by atoms with Crippen LogP contribution in [0.1, 0.15) is 17.6 Å². The van der Waals surface area contributed by atoms with Crippen molar-refractivity contribution >= 4 is 63.1 Å². The molecule has 1 atom stereocenters. The van der Waals surface area contributed by atoms with Gasteiger partial charge in [-0.25, -0.2) is 14.4 Å². The minimum atomic E-state index is -1.67. The maximum absolute atomic E-state index is 15.1. The van der Waals surface area contributed by atoms with Crippen LogP contribution in [0.15, 0.2) is 52.6 Å². The van der Waals surface area contributed by atoms with E-state index in [0.29, 0.717) is 35.9 Å². The highest BCUT2D eigenvalue weighted by Gasteiger charge is 2.29. The third-order valence-electron chi connectivity index (χ3n) is 6.52. The van der Waals surface area contributed by atoms with Crippen LogP contribution < -0.4 is 25.0 Å². The van der Waals surface area contributed by atoms with Gasteiger partial charge in [-0.1, -0.05) is 23.2 Å². The fourth-order valence-corrected chi connectivity index (χ4v) is 4.87. The fourth-order valence-electron chi connectivity index (χ4n) is 4.44. The van der Waals surface area contributed by atoms with E-state index in [1.807, 2.05) is 18.2 Å². The summed E-state index contributed by atoms with van der Waals surface area (Å²) in [6, 6.07) is 8.44. The van der Waals surface area contributed by atoms with Gasteiger partial charge < -0.3 is 39.3 Å². The summed E-state index contributed by atoms with van der Waals surface area (Å²) >= 11 is 11.9. The van der Waals surface area contributed by atoms with Crippen molar-refractivity contribution in [1.82, 2.24) is 9.97 Å². The first-order valence-corrected chi connectivity index (χ1v) is 13.5. The van der Waals surface area contributed by atoms with E-state index in [1.165, 1.54) is 32.6 Å². The summed E-state index contributed by atoms with van der Waals surface area (Å²) in [5, 5.41) is 16.9. The number of anilines is 4. The van der Waals surface area contributed by atoms with Crippen molar-refractivity contribution in [1.29, 1.82) is 0 Å². The van der Waals surface area contributed by atoms with Gasteiger partial charge in [0.15, 0.2) is 23.3 Å². The van der Waals surface area contributed by atoms with E-state index in [1.54, 1.807) is 6.07 Å². The molecule has 0 bridgehead atoms. The Labute approximate surface area is 249 Å². The second-order valence-electron chi connectivity index (χ2n) is 9.05. The number of morpholine rings is 1. The zero-order chi connectivity index (χ0) is 29.8. The SMILES string of the molecule is COc1cc(OC)c(Cl)c(C(O)c2nc3cc(Nc4ccc(N5CCOCC5)cc4NC(=O)/C=C\Cl)ncc3o2)c1F. The molecule has 14 heteroatoms. The van der Waals surface area contributed by atoms with Gasteiger partial charge in [0.1, 0.15) is 17.1 Å². The predicted molar refractivity (Wildman–Crippen MR) is 157 cm³/mol. The summed E-state index contributed by atoms with van der Waals surface area (Å²) in [7, 11) is 2.64. The molecule has 4 aromatic rings. The highest BCUT2D eigenvalue weighted by Crippen LogP contribution is 2.41. The van der Waals surface area contributed by atoms with Crippen LogP contribution in [0.3, 0.4) is 0 Å². The second-order valence-corrected chi connectivity index (χ2v) is 9.68. The van der Waals surface area contributed by atoms with Crippen molar-refractivity contribution in [2.75, 3.05) is 56.1 Å². The number of carbonyl (C=O) groups excluding carboxylic acids is 1. The molecule has 2 aromatic carbocycles. The Morgan fingerprint density at radius 3 is 2.64 bits per heavy atom. The Balaban J connectivity index is 1.45. The number of aliphatic hydroxyl groups excluding tert-OH is 1. The van der Waals surface area contributed by atoms with Gasteiger partial charge in [-0.05, 0) is 18.2 Å². The number of fused-ring (bicyclic) bond motifs is 1. The Morgan fingerprint density at radius 1 is 1.17 bits per heavy atom. The number of pyridine rings is 1. The molecular formula is C28H26Cl2FN5O6. The van der Waals surface area contributed by atoms with Gasteiger partial charge in [0, 0.05) is 42.5 Å². The summed E-state index contributed by atoms with van der Waals surface area (Å²) < 4.78 is 36.5. The Kier molecular flexibility index (Phi) is 8.97. The van der Waals surface area contributed by atoms with Crippen LogP contribution in [0.25, 0.3) is 11.1 Å². The molecule has 3 heterocycles. The molecule has 0 spiro atoms. The predicted octanol–water partition coefficient (Wildman–Crippen LogP) is 5.39. The van der Waals surface area contributed by atoms with E-state index in [4.69, 9.17) is 41.8 Å². The number of oxazole rings is 1. The van der Waals surface area contributed by atoms with E-state index in [9.17, 15) is 9.90 Å². The molecule has 0 saturated carbocycles. The number of aliphatic hydroxyl groups is 1. The van der Waals surface area contributed by atoms with Crippen LogP contribution >= 0.6 is 23.2 Å². The molecule has 1 saturated heterocycles. The lowest BCUT2D eigenvalue weighted by Gasteiger charge is -2.29. The monoisotopic (exact) mass is 617 g/mol. The van der Waals surface area contributed by atoms with Crippen molar-refractivity contribution in [3.63, 3.8) is 0 Å². The van der Waals surface area contributed by atoms with Crippen molar-refractivity contribution in [3.8, 4) is 11.5 Å². The number of rotatable bonds is 9. The maximum Gasteiger partial charge on any atom is 0.249 e. The quantitative estimate of drug-likeness (QED) is 0.210. The summed E-state index contributed by atoms with van der Waals surface area (Å²) in [5.41, 5.74) is 3.34. The number of nitrogens with zero attached hydrogens (tertiary/aromatic N) is 3. The van der Waals surface area contributed by atoms with Crippen LogP contribution in [-0.4, -0.2) is 61.5 Å². The molecule has 1 unspecified atom stereocenters. The average Bonchev–Trinajstić information content (AvgIpc) is 3.42. The molecule has 11 nitrogen and oxygen atoms in total. The Bertz CT molecular complexity index is 1610.